The van der Waals surface area contributed by atoms with Crippen LogP contribution in [-0.4, -0.2) is 14.0 Å². The molecule has 8 heteroatoms. The molecule has 0 atom stereocenters. The largest absolute Gasteiger partial charge is 0.251 e. The molecule has 0 radical (unpaired) electrons. The van der Waals surface area contributed by atoms with Gasteiger partial charge in [0.1, 0.15) is 9.75 Å². The SMILES string of the molecule is N#CC1(NS(=O)(=O)c2cc(Cl)c(Br)s2)CCCC1. The quantitative estimate of drug-likeness (QED) is 0.889. The Morgan fingerprint density at radius 2 is 2.11 bits per heavy atom. The fraction of sp³-hybridized carbons (Fsp3) is 0.500. The summed E-state index contributed by atoms with van der Waals surface area (Å²) >= 11 is 10.0. The van der Waals surface area contributed by atoms with Crippen LogP contribution in [0.2, 0.25) is 5.02 Å². The van der Waals surface area contributed by atoms with Crippen molar-refractivity contribution in [3.63, 3.8) is 0 Å². The Morgan fingerprint density at radius 3 is 2.56 bits per heavy atom. The van der Waals surface area contributed by atoms with Gasteiger partial charge in [-0.1, -0.05) is 24.4 Å². The molecule has 0 aliphatic heterocycles. The van der Waals surface area contributed by atoms with Crippen molar-refractivity contribution in [3.8, 4) is 6.07 Å². The standard InChI is InChI=1S/C10H10BrClN2O2S2/c11-9-7(12)5-8(17-9)18(15,16)14-10(6-13)3-1-2-4-10/h5,14H,1-4H2. The average molecular weight is 370 g/mol. The lowest BCUT2D eigenvalue weighted by Gasteiger charge is -2.20. The molecule has 1 aliphatic carbocycles. The van der Waals surface area contributed by atoms with Crippen molar-refractivity contribution in [2.75, 3.05) is 0 Å². The molecule has 1 saturated carbocycles. The van der Waals surface area contributed by atoms with Gasteiger partial charge in [0.05, 0.1) is 14.9 Å². The van der Waals surface area contributed by atoms with E-state index in [0.717, 1.165) is 24.2 Å². The highest BCUT2D eigenvalue weighted by Gasteiger charge is 2.38. The summed E-state index contributed by atoms with van der Waals surface area (Å²) in [6, 6.07) is 3.48. The van der Waals surface area contributed by atoms with E-state index in [-0.39, 0.29) is 4.21 Å². The van der Waals surface area contributed by atoms with Gasteiger partial charge >= 0.3 is 0 Å². The van der Waals surface area contributed by atoms with Crippen LogP contribution in [0.4, 0.5) is 0 Å². The molecule has 1 fully saturated rings. The Bertz CT molecular complexity index is 580. The number of hydrogen-bond acceptors (Lipinski definition) is 4. The van der Waals surface area contributed by atoms with Gasteiger partial charge in [-0.2, -0.15) is 9.98 Å². The number of halogens is 2. The van der Waals surface area contributed by atoms with Crippen molar-refractivity contribution >= 4 is 48.9 Å². The van der Waals surface area contributed by atoms with Crippen molar-refractivity contribution in [1.82, 2.24) is 4.72 Å². The zero-order chi connectivity index (χ0) is 13.4. The van der Waals surface area contributed by atoms with Gasteiger partial charge in [0.25, 0.3) is 10.0 Å². The van der Waals surface area contributed by atoms with E-state index in [1.165, 1.54) is 6.07 Å². The maximum Gasteiger partial charge on any atom is 0.251 e. The minimum Gasteiger partial charge on any atom is -0.206 e. The topological polar surface area (TPSA) is 70.0 Å². The van der Waals surface area contributed by atoms with Gasteiger partial charge in [0.15, 0.2) is 0 Å². The minimum absolute atomic E-state index is 0.126. The summed E-state index contributed by atoms with van der Waals surface area (Å²) in [5.41, 5.74) is -0.957. The summed E-state index contributed by atoms with van der Waals surface area (Å²) in [4.78, 5) is 0. The van der Waals surface area contributed by atoms with Crippen LogP contribution in [0.5, 0.6) is 0 Å². The lowest BCUT2D eigenvalue weighted by molar-refractivity contribution is 0.486. The summed E-state index contributed by atoms with van der Waals surface area (Å²) in [6.07, 6.45) is 2.85. The van der Waals surface area contributed by atoms with Gasteiger partial charge < -0.3 is 0 Å². The third-order valence-corrected chi connectivity index (χ3v) is 7.37. The molecule has 98 valence electrons. The smallest absolute Gasteiger partial charge is 0.206 e. The lowest BCUT2D eigenvalue weighted by atomic mass is 10.0. The zero-order valence-electron chi connectivity index (χ0n) is 9.24. The third kappa shape index (κ3) is 2.73. The monoisotopic (exact) mass is 368 g/mol. The Balaban J connectivity index is 2.30. The highest BCUT2D eigenvalue weighted by molar-refractivity contribution is 9.11. The van der Waals surface area contributed by atoms with E-state index in [2.05, 4.69) is 26.7 Å². The van der Waals surface area contributed by atoms with E-state index in [1.54, 1.807) is 0 Å². The highest BCUT2D eigenvalue weighted by atomic mass is 79.9. The van der Waals surface area contributed by atoms with Gasteiger partial charge in [-0.25, -0.2) is 8.42 Å². The Kier molecular flexibility index (Phi) is 4.04. The normalized spacial score (nSPS) is 18.7. The maximum absolute atomic E-state index is 12.2. The third-order valence-electron chi connectivity index (χ3n) is 2.89. The van der Waals surface area contributed by atoms with Crippen molar-refractivity contribution in [3.05, 3.63) is 14.9 Å². The van der Waals surface area contributed by atoms with Crippen LogP contribution in [0.1, 0.15) is 25.7 Å². The number of hydrogen-bond donors (Lipinski definition) is 1. The number of rotatable bonds is 3. The minimum atomic E-state index is -3.68. The van der Waals surface area contributed by atoms with Crippen molar-refractivity contribution in [2.24, 2.45) is 0 Å². The number of nitriles is 1. The van der Waals surface area contributed by atoms with E-state index in [1.807, 2.05) is 0 Å². The summed E-state index contributed by atoms with van der Waals surface area (Å²) in [6.45, 7) is 0. The number of sulfonamides is 1. The molecule has 0 spiro atoms. The molecule has 0 unspecified atom stereocenters. The molecule has 1 heterocycles. The summed E-state index contributed by atoms with van der Waals surface area (Å²) < 4.78 is 27.6. The first-order valence-electron chi connectivity index (χ1n) is 5.29. The molecule has 0 saturated heterocycles. The van der Waals surface area contributed by atoms with Gasteiger partial charge in [0, 0.05) is 0 Å². The molecule has 0 bridgehead atoms. The summed E-state index contributed by atoms with van der Waals surface area (Å²) in [5.74, 6) is 0. The molecule has 2 rings (SSSR count). The predicted octanol–water partition coefficient (Wildman–Crippen LogP) is 3.28. The predicted molar refractivity (Wildman–Crippen MR) is 74.2 cm³/mol. The summed E-state index contributed by atoms with van der Waals surface area (Å²) in [5, 5.41) is 9.54. The Hall–Kier alpha value is -0.130. The van der Waals surface area contributed by atoms with Gasteiger partial charge in [-0.3, -0.25) is 0 Å². The molecule has 1 aliphatic rings. The average Bonchev–Trinajstić information content (AvgIpc) is 2.88. The van der Waals surface area contributed by atoms with Crippen LogP contribution in [0.3, 0.4) is 0 Å². The van der Waals surface area contributed by atoms with Gasteiger partial charge in [-0.15, -0.1) is 11.3 Å². The molecule has 0 aromatic carbocycles. The van der Waals surface area contributed by atoms with E-state index >= 15 is 0 Å². The van der Waals surface area contributed by atoms with Crippen LogP contribution < -0.4 is 4.72 Å². The molecule has 18 heavy (non-hydrogen) atoms. The van der Waals surface area contributed by atoms with E-state index in [0.29, 0.717) is 21.7 Å². The zero-order valence-corrected chi connectivity index (χ0v) is 13.2. The molecule has 0 amide bonds. The molecular weight excluding hydrogens is 360 g/mol. The Morgan fingerprint density at radius 1 is 1.50 bits per heavy atom. The van der Waals surface area contributed by atoms with Crippen molar-refractivity contribution < 1.29 is 8.42 Å². The first-order chi connectivity index (χ1) is 8.38. The fourth-order valence-electron chi connectivity index (χ4n) is 1.98. The number of nitrogens with zero attached hydrogens (tertiary/aromatic N) is 1. The molecule has 1 N–H and O–H groups in total. The van der Waals surface area contributed by atoms with Gasteiger partial charge in [0.2, 0.25) is 0 Å². The second-order valence-electron chi connectivity index (χ2n) is 4.19. The van der Waals surface area contributed by atoms with E-state index < -0.39 is 15.6 Å². The number of nitrogens with one attached hydrogen (secondary N) is 1. The summed E-state index contributed by atoms with van der Waals surface area (Å²) in [7, 11) is -3.68. The van der Waals surface area contributed by atoms with Crippen LogP contribution in [0.25, 0.3) is 0 Å². The maximum atomic E-state index is 12.2. The first kappa shape index (κ1) is 14.3. The van der Waals surface area contributed by atoms with E-state index in [9.17, 15) is 13.7 Å². The molecular formula is C10H10BrClN2O2S2. The first-order valence-corrected chi connectivity index (χ1v) is 8.76. The van der Waals surface area contributed by atoms with Crippen LogP contribution in [-0.2, 0) is 10.0 Å². The second kappa shape index (κ2) is 5.10. The Labute approximate surface area is 123 Å². The lowest BCUT2D eigenvalue weighted by Crippen LogP contribution is -2.44. The van der Waals surface area contributed by atoms with Crippen LogP contribution in [0, 0.1) is 11.3 Å². The fourth-order valence-corrected chi connectivity index (χ4v) is 5.76. The van der Waals surface area contributed by atoms with Crippen LogP contribution >= 0.6 is 38.9 Å². The second-order valence-corrected chi connectivity index (χ2v) is 8.88. The number of thiophene rings is 1. The van der Waals surface area contributed by atoms with E-state index in [4.69, 9.17) is 11.6 Å². The van der Waals surface area contributed by atoms with Gasteiger partial charge in [-0.05, 0) is 34.8 Å². The van der Waals surface area contributed by atoms with Crippen molar-refractivity contribution in [2.45, 2.75) is 35.4 Å². The van der Waals surface area contributed by atoms with Crippen LogP contribution in [0.15, 0.2) is 14.1 Å². The molecule has 4 nitrogen and oxygen atoms in total. The molecule has 1 aromatic rings. The molecule has 1 aromatic heterocycles. The highest BCUT2D eigenvalue weighted by Crippen LogP contribution is 2.36. The van der Waals surface area contributed by atoms with Crippen molar-refractivity contribution in [1.29, 1.82) is 5.26 Å².